The van der Waals surface area contributed by atoms with Gasteiger partial charge in [-0.15, -0.1) is 0 Å². The van der Waals surface area contributed by atoms with Gasteiger partial charge in [0.15, 0.2) is 6.61 Å². The third kappa shape index (κ3) is 3.80. The molecule has 1 heterocycles. The maximum Gasteiger partial charge on any atom is 0.262 e. The Hall–Kier alpha value is -2.86. The summed E-state index contributed by atoms with van der Waals surface area (Å²) in [5.41, 5.74) is 0.929. The number of rotatable bonds is 5. The third-order valence-corrected chi connectivity index (χ3v) is 3.81. The number of amides is 1. The number of carbonyl (C=O) groups excluding carboxylic acids is 1. The fourth-order valence-corrected chi connectivity index (χ4v) is 2.54. The van der Waals surface area contributed by atoms with Crippen molar-refractivity contribution in [2.24, 2.45) is 0 Å². The molecule has 0 fully saturated rings. The lowest BCUT2D eigenvalue weighted by Gasteiger charge is -2.12. The van der Waals surface area contributed by atoms with Gasteiger partial charge in [0, 0.05) is 17.6 Å². The Kier molecular flexibility index (Phi) is 5.00. The summed E-state index contributed by atoms with van der Waals surface area (Å²) >= 11 is 6.13. The fourth-order valence-electron chi connectivity index (χ4n) is 2.33. The lowest BCUT2D eigenvalue weighted by Crippen LogP contribution is -2.20. The summed E-state index contributed by atoms with van der Waals surface area (Å²) in [6, 6.07) is 10.8. The summed E-state index contributed by atoms with van der Waals surface area (Å²) < 4.78 is 23.8. The summed E-state index contributed by atoms with van der Waals surface area (Å²) in [6.45, 7) is -0.242. The summed E-state index contributed by atoms with van der Waals surface area (Å²) in [6.07, 6.45) is 1.62. The highest BCUT2D eigenvalue weighted by molar-refractivity contribution is 6.35. The molecule has 7 heteroatoms. The number of fused-ring (bicyclic) bond motifs is 1. The first-order chi connectivity index (χ1) is 12.1. The predicted molar refractivity (Wildman–Crippen MR) is 93.8 cm³/mol. The topological polar surface area (TPSA) is 60.5 Å². The van der Waals surface area contributed by atoms with Crippen molar-refractivity contribution in [3.8, 4) is 11.5 Å². The van der Waals surface area contributed by atoms with E-state index in [1.165, 1.54) is 25.3 Å². The minimum atomic E-state index is -0.454. The molecule has 0 aliphatic carbocycles. The molecule has 1 aromatic heterocycles. The van der Waals surface area contributed by atoms with Crippen LogP contribution in [0.2, 0.25) is 5.02 Å². The number of ether oxygens (including phenoxy) is 2. The number of carbonyl (C=O) groups is 1. The number of hydrogen-bond donors (Lipinski definition) is 1. The van der Waals surface area contributed by atoms with Crippen LogP contribution < -0.4 is 14.8 Å². The Morgan fingerprint density at radius 1 is 1.24 bits per heavy atom. The minimum absolute atomic E-state index is 0.229. The van der Waals surface area contributed by atoms with Crippen molar-refractivity contribution in [2.75, 3.05) is 19.0 Å². The highest BCUT2D eigenvalue weighted by Crippen LogP contribution is 2.29. The standard InChI is InChI=1S/C18H14ClFN2O3/c1-24-16-9-11(20)4-6-14(16)22-17(23)10-25-15-7-5-13(19)12-3-2-8-21-18(12)15/h2-9H,10H2,1H3,(H,22,23). The number of halogens is 2. The van der Waals surface area contributed by atoms with E-state index in [9.17, 15) is 9.18 Å². The average Bonchev–Trinajstić information content (AvgIpc) is 2.63. The van der Waals surface area contributed by atoms with Gasteiger partial charge in [0.1, 0.15) is 22.8 Å². The van der Waals surface area contributed by atoms with Crippen LogP contribution >= 0.6 is 11.6 Å². The van der Waals surface area contributed by atoms with Gasteiger partial charge in [-0.3, -0.25) is 9.78 Å². The van der Waals surface area contributed by atoms with Crippen LogP contribution in [0.15, 0.2) is 48.7 Å². The Labute approximate surface area is 148 Å². The molecule has 128 valence electrons. The summed E-state index contributed by atoms with van der Waals surface area (Å²) in [5, 5.41) is 3.91. The largest absolute Gasteiger partial charge is 0.494 e. The first kappa shape index (κ1) is 17.0. The van der Waals surface area contributed by atoms with E-state index < -0.39 is 11.7 Å². The van der Waals surface area contributed by atoms with E-state index in [1.54, 1.807) is 24.4 Å². The quantitative estimate of drug-likeness (QED) is 0.745. The van der Waals surface area contributed by atoms with Crippen LogP contribution in [0.3, 0.4) is 0 Å². The fraction of sp³-hybridized carbons (Fsp3) is 0.111. The molecule has 0 bridgehead atoms. The van der Waals surface area contributed by atoms with Crippen molar-refractivity contribution in [3.63, 3.8) is 0 Å². The van der Waals surface area contributed by atoms with Gasteiger partial charge in [-0.25, -0.2) is 4.39 Å². The number of nitrogens with one attached hydrogen (secondary N) is 1. The van der Waals surface area contributed by atoms with Crippen molar-refractivity contribution < 1.29 is 18.7 Å². The molecule has 2 aromatic carbocycles. The second-order valence-corrected chi connectivity index (χ2v) is 5.53. The van der Waals surface area contributed by atoms with Crippen LogP contribution in [-0.2, 0) is 4.79 Å². The van der Waals surface area contributed by atoms with Crippen LogP contribution in [0.1, 0.15) is 0 Å². The molecule has 3 rings (SSSR count). The Bertz CT molecular complexity index is 933. The first-order valence-corrected chi connectivity index (χ1v) is 7.75. The van der Waals surface area contributed by atoms with Gasteiger partial charge in [0.05, 0.1) is 17.8 Å². The molecule has 1 N–H and O–H groups in total. The van der Waals surface area contributed by atoms with E-state index >= 15 is 0 Å². The van der Waals surface area contributed by atoms with E-state index in [0.29, 0.717) is 22.0 Å². The molecule has 0 saturated heterocycles. The van der Waals surface area contributed by atoms with Crippen molar-refractivity contribution >= 4 is 34.1 Å². The summed E-state index contributed by atoms with van der Waals surface area (Å²) in [5.74, 6) is -0.193. The normalized spacial score (nSPS) is 10.5. The molecule has 0 unspecified atom stereocenters. The van der Waals surface area contributed by atoms with Gasteiger partial charge in [0.2, 0.25) is 0 Å². The van der Waals surface area contributed by atoms with Gasteiger partial charge in [-0.1, -0.05) is 11.6 Å². The van der Waals surface area contributed by atoms with Crippen LogP contribution in [-0.4, -0.2) is 24.6 Å². The molecule has 0 atom stereocenters. The second-order valence-electron chi connectivity index (χ2n) is 5.13. The van der Waals surface area contributed by atoms with Crippen molar-refractivity contribution in [1.82, 2.24) is 4.98 Å². The van der Waals surface area contributed by atoms with Gasteiger partial charge < -0.3 is 14.8 Å². The summed E-state index contributed by atoms with van der Waals surface area (Å²) in [7, 11) is 1.40. The van der Waals surface area contributed by atoms with Gasteiger partial charge in [-0.2, -0.15) is 0 Å². The first-order valence-electron chi connectivity index (χ1n) is 7.38. The number of pyridine rings is 1. The smallest absolute Gasteiger partial charge is 0.262 e. The number of benzene rings is 2. The Balaban J connectivity index is 1.72. The highest BCUT2D eigenvalue weighted by atomic mass is 35.5. The van der Waals surface area contributed by atoms with E-state index in [1.807, 2.05) is 6.07 Å². The highest BCUT2D eigenvalue weighted by Gasteiger charge is 2.11. The third-order valence-electron chi connectivity index (χ3n) is 3.48. The van der Waals surface area contributed by atoms with Gasteiger partial charge >= 0.3 is 0 Å². The molecule has 0 spiro atoms. The molecule has 1 amide bonds. The van der Waals surface area contributed by atoms with E-state index in [4.69, 9.17) is 21.1 Å². The van der Waals surface area contributed by atoms with Crippen LogP contribution in [0.25, 0.3) is 10.9 Å². The molecular formula is C18H14ClFN2O3. The monoisotopic (exact) mass is 360 g/mol. The number of nitrogens with zero attached hydrogens (tertiary/aromatic N) is 1. The maximum atomic E-state index is 13.2. The zero-order valence-corrected chi connectivity index (χ0v) is 14.0. The number of hydrogen-bond acceptors (Lipinski definition) is 4. The van der Waals surface area contributed by atoms with Crippen LogP contribution in [0, 0.1) is 5.82 Å². The van der Waals surface area contributed by atoms with Crippen molar-refractivity contribution in [1.29, 1.82) is 0 Å². The summed E-state index contributed by atoms with van der Waals surface area (Å²) in [4.78, 5) is 16.3. The molecule has 3 aromatic rings. The van der Waals surface area contributed by atoms with Crippen molar-refractivity contribution in [3.05, 3.63) is 59.5 Å². The van der Waals surface area contributed by atoms with E-state index in [2.05, 4.69) is 10.3 Å². The predicted octanol–water partition coefficient (Wildman–Crippen LogP) is 4.05. The molecule has 0 aliphatic rings. The lowest BCUT2D eigenvalue weighted by atomic mass is 10.2. The molecule has 0 radical (unpaired) electrons. The Morgan fingerprint density at radius 3 is 2.88 bits per heavy atom. The van der Waals surface area contributed by atoms with Crippen LogP contribution in [0.4, 0.5) is 10.1 Å². The molecular weight excluding hydrogens is 347 g/mol. The van der Waals surface area contributed by atoms with E-state index in [0.717, 1.165) is 5.39 Å². The zero-order valence-electron chi connectivity index (χ0n) is 13.3. The molecule has 0 saturated carbocycles. The van der Waals surface area contributed by atoms with Gasteiger partial charge in [0.25, 0.3) is 5.91 Å². The second kappa shape index (κ2) is 7.36. The average molecular weight is 361 g/mol. The number of anilines is 1. The molecule has 25 heavy (non-hydrogen) atoms. The number of methoxy groups -OCH3 is 1. The maximum absolute atomic E-state index is 13.2. The Morgan fingerprint density at radius 2 is 2.08 bits per heavy atom. The zero-order chi connectivity index (χ0) is 17.8. The SMILES string of the molecule is COc1cc(F)ccc1NC(=O)COc1ccc(Cl)c2cccnc12. The van der Waals surface area contributed by atoms with Gasteiger partial charge in [-0.05, 0) is 36.4 Å². The number of aromatic nitrogens is 1. The minimum Gasteiger partial charge on any atom is -0.494 e. The van der Waals surface area contributed by atoms with E-state index in [-0.39, 0.29) is 12.4 Å². The lowest BCUT2D eigenvalue weighted by molar-refractivity contribution is -0.118. The molecule has 5 nitrogen and oxygen atoms in total. The van der Waals surface area contributed by atoms with Crippen molar-refractivity contribution in [2.45, 2.75) is 0 Å². The molecule has 0 aliphatic heterocycles. The van der Waals surface area contributed by atoms with Crippen LogP contribution in [0.5, 0.6) is 11.5 Å².